The van der Waals surface area contributed by atoms with E-state index >= 15 is 0 Å². The number of amides is 1. The predicted octanol–water partition coefficient (Wildman–Crippen LogP) is 4.38. The summed E-state index contributed by atoms with van der Waals surface area (Å²) in [6, 6.07) is 12.0. The van der Waals surface area contributed by atoms with Crippen molar-refractivity contribution < 1.29 is 22.7 Å². The normalized spacial score (nSPS) is 11.6. The van der Waals surface area contributed by atoms with Gasteiger partial charge in [-0.1, -0.05) is 52.7 Å². The third-order valence-electron chi connectivity index (χ3n) is 4.20. The molecule has 0 unspecified atom stereocenters. The number of carbonyl (C=O) groups excluding carboxylic acids is 1. The molecule has 0 aliphatic heterocycles. The summed E-state index contributed by atoms with van der Waals surface area (Å²) in [5.41, 5.74) is 0.872. The van der Waals surface area contributed by atoms with Gasteiger partial charge in [-0.15, -0.1) is 10.2 Å². The quantitative estimate of drug-likeness (QED) is 0.254. The van der Waals surface area contributed by atoms with E-state index in [4.69, 9.17) is 32.7 Å². The van der Waals surface area contributed by atoms with Gasteiger partial charge in [-0.3, -0.25) is 10.1 Å². The Morgan fingerprint density at radius 1 is 1.24 bits per heavy atom. The monoisotopic (exact) mass is 538 g/mol. The highest BCUT2D eigenvalue weighted by atomic mass is 35.5. The first-order valence-corrected chi connectivity index (χ1v) is 12.8. The molecular formula is C21H16Cl2N4O5S2. The van der Waals surface area contributed by atoms with Gasteiger partial charge in [-0.25, -0.2) is 8.42 Å². The van der Waals surface area contributed by atoms with Crippen LogP contribution in [-0.4, -0.2) is 37.9 Å². The molecule has 3 rings (SSSR count). The van der Waals surface area contributed by atoms with Crippen LogP contribution in [-0.2, 0) is 21.2 Å². The van der Waals surface area contributed by atoms with Gasteiger partial charge >= 0.3 is 0 Å². The zero-order valence-electron chi connectivity index (χ0n) is 17.7. The maximum atomic E-state index is 12.5. The van der Waals surface area contributed by atoms with Gasteiger partial charge in [0.15, 0.2) is 11.5 Å². The second-order valence-electron chi connectivity index (χ2n) is 6.68. The fraction of sp³-hybridized carbons (Fsp3) is 0.143. The Labute approximate surface area is 209 Å². The van der Waals surface area contributed by atoms with Crippen molar-refractivity contribution in [2.24, 2.45) is 0 Å². The molecule has 34 heavy (non-hydrogen) atoms. The third kappa shape index (κ3) is 6.24. The Morgan fingerprint density at radius 3 is 2.59 bits per heavy atom. The molecule has 13 heteroatoms. The summed E-state index contributed by atoms with van der Waals surface area (Å²) in [4.78, 5) is 12.5. The van der Waals surface area contributed by atoms with Crippen LogP contribution in [0, 0.1) is 11.3 Å². The second-order valence-corrected chi connectivity index (χ2v) is 10.7. The minimum Gasteiger partial charge on any atom is -0.493 e. The molecule has 0 saturated carbocycles. The van der Waals surface area contributed by atoms with Crippen molar-refractivity contribution in [3.05, 3.63) is 63.1 Å². The number of sulfone groups is 1. The van der Waals surface area contributed by atoms with E-state index in [2.05, 4.69) is 15.5 Å². The molecule has 0 atom stereocenters. The van der Waals surface area contributed by atoms with Gasteiger partial charge in [0.05, 0.1) is 12.1 Å². The zero-order chi connectivity index (χ0) is 24.9. The van der Waals surface area contributed by atoms with Crippen molar-refractivity contribution in [2.45, 2.75) is 10.9 Å². The van der Waals surface area contributed by atoms with Crippen LogP contribution in [0.15, 0.2) is 46.3 Å². The molecule has 1 aromatic heterocycles. The molecule has 0 aliphatic rings. The van der Waals surface area contributed by atoms with Crippen LogP contribution in [0.25, 0.3) is 6.08 Å². The molecule has 1 heterocycles. The minimum absolute atomic E-state index is 0.0643. The van der Waals surface area contributed by atoms with E-state index < -0.39 is 15.7 Å². The smallest absolute Gasteiger partial charge is 0.268 e. The fourth-order valence-electron chi connectivity index (χ4n) is 2.62. The number of aromatic nitrogens is 2. The van der Waals surface area contributed by atoms with Crippen LogP contribution >= 0.6 is 34.5 Å². The highest BCUT2D eigenvalue weighted by Crippen LogP contribution is 2.38. The van der Waals surface area contributed by atoms with E-state index in [0.29, 0.717) is 21.9 Å². The SMILES string of the molecule is COc1cc(/C=C(/C#N)C(=O)Nc2nnc(S(C)(=O)=O)s2)cc(Cl)c1OCc1ccccc1Cl. The highest BCUT2D eigenvalue weighted by Gasteiger charge is 2.18. The lowest BCUT2D eigenvalue weighted by atomic mass is 10.1. The van der Waals surface area contributed by atoms with E-state index in [1.807, 2.05) is 12.1 Å². The number of methoxy groups -OCH3 is 1. The molecule has 0 saturated heterocycles. The first kappa shape index (κ1) is 25.5. The van der Waals surface area contributed by atoms with Crippen molar-refractivity contribution >= 4 is 61.5 Å². The summed E-state index contributed by atoms with van der Waals surface area (Å²) >= 11 is 13.2. The summed E-state index contributed by atoms with van der Waals surface area (Å²) in [6.45, 7) is 0.147. The van der Waals surface area contributed by atoms with Crippen LogP contribution in [0.1, 0.15) is 11.1 Å². The average Bonchev–Trinajstić information content (AvgIpc) is 3.26. The van der Waals surface area contributed by atoms with E-state index in [-0.39, 0.29) is 38.2 Å². The van der Waals surface area contributed by atoms with Gasteiger partial charge in [-0.05, 0) is 29.8 Å². The standard InChI is InChI=1S/C21H16Cl2N4O5S2/c1-31-17-9-12(8-16(23)18(17)32-11-13-5-3-4-6-15(13)22)7-14(10-24)19(28)25-20-26-27-21(33-20)34(2,29)30/h3-9H,11H2,1-2H3,(H,25,26,28)/b14-7-. The number of benzene rings is 2. The maximum absolute atomic E-state index is 12.5. The molecule has 0 bridgehead atoms. The Balaban J connectivity index is 1.82. The zero-order valence-corrected chi connectivity index (χ0v) is 20.8. The van der Waals surface area contributed by atoms with Gasteiger partial charge < -0.3 is 9.47 Å². The third-order valence-corrected chi connectivity index (χ3v) is 7.36. The molecule has 0 radical (unpaired) electrons. The lowest BCUT2D eigenvalue weighted by molar-refractivity contribution is -0.112. The van der Waals surface area contributed by atoms with E-state index in [1.165, 1.54) is 19.3 Å². The number of nitrogens with one attached hydrogen (secondary N) is 1. The summed E-state index contributed by atoms with van der Waals surface area (Å²) in [5.74, 6) is -0.246. The molecule has 2 aromatic carbocycles. The maximum Gasteiger partial charge on any atom is 0.268 e. The topological polar surface area (TPSA) is 131 Å². The highest BCUT2D eigenvalue weighted by molar-refractivity contribution is 7.92. The van der Waals surface area contributed by atoms with Crippen LogP contribution < -0.4 is 14.8 Å². The Hall–Kier alpha value is -3.17. The molecule has 176 valence electrons. The minimum atomic E-state index is -3.57. The van der Waals surface area contributed by atoms with Crippen molar-refractivity contribution in [3.63, 3.8) is 0 Å². The molecule has 0 spiro atoms. The number of hydrogen-bond acceptors (Lipinski definition) is 9. The number of rotatable bonds is 8. The van der Waals surface area contributed by atoms with Crippen molar-refractivity contribution in [1.82, 2.24) is 10.2 Å². The number of hydrogen-bond donors (Lipinski definition) is 1. The molecule has 1 N–H and O–H groups in total. The van der Waals surface area contributed by atoms with E-state index in [0.717, 1.165) is 11.8 Å². The Kier molecular flexibility index (Phi) is 8.11. The van der Waals surface area contributed by atoms with Crippen LogP contribution in [0.4, 0.5) is 5.13 Å². The van der Waals surface area contributed by atoms with Gasteiger partial charge in [0, 0.05) is 16.8 Å². The molecule has 0 aliphatic carbocycles. The number of anilines is 1. The molecule has 3 aromatic rings. The predicted molar refractivity (Wildman–Crippen MR) is 129 cm³/mol. The second kappa shape index (κ2) is 10.8. The molecule has 0 fully saturated rings. The first-order valence-electron chi connectivity index (χ1n) is 9.32. The number of nitrogens with zero attached hydrogens (tertiary/aromatic N) is 3. The van der Waals surface area contributed by atoms with Crippen LogP contribution in [0.2, 0.25) is 10.0 Å². The summed E-state index contributed by atoms with van der Waals surface area (Å²) in [5, 5.41) is 19.6. The fourth-order valence-corrected chi connectivity index (χ4v) is 4.59. The van der Waals surface area contributed by atoms with E-state index in [1.54, 1.807) is 24.3 Å². The van der Waals surface area contributed by atoms with Gasteiger partial charge in [0.1, 0.15) is 18.2 Å². The number of carbonyl (C=O) groups is 1. The van der Waals surface area contributed by atoms with Crippen LogP contribution in [0.5, 0.6) is 11.5 Å². The van der Waals surface area contributed by atoms with Gasteiger partial charge in [0.2, 0.25) is 19.3 Å². The summed E-state index contributed by atoms with van der Waals surface area (Å²) in [7, 11) is -2.14. The number of halogens is 2. The van der Waals surface area contributed by atoms with Crippen molar-refractivity contribution in [1.29, 1.82) is 5.26 Å². The largest absolute Gasteiger partial charge is 0.493 e. The molecular weight excluding hydrogens is 523 g/mol. The molecule has 1 amide bonds. The number of nitriles is 1. The summed E-state index contributed by atoms with van der Waals surface area (Å²) < 4.78 is 33.9. The first-order chi connectivity index (χ1) is 16.1. The van der Waals surface area contributed by atoms with Crippen LogP contribution in [0.3, 0.4) is 0 Å². The Morgan fingerprint density at radius 2 is 1.97 bits per heavy atom. The van der Waals surface area contributed by atoms with Crippen molar-refractivity contribution in [3.8, 4) is 17.6 Å². The molecule has 9 nitrogen and oxygen atoms in total. The number of ether oxygens (including phenoxy) is 2. The van der Waals surface area contributed by atoms with E-state index in [9.17, 15) is 18.5 Å². The lowest BCUT2D eigenvalue weighted by Gasteiger charge is -2.14. The Bertz CT molecular complexity index is 1410. The van der Waals surface area contributed by atoms with Gasteiger partial charge in [0.25, 0.3) is 5.91 Å². The van der Waals surface area contributed by atoms with Gasteiger partial charge in [-0.2, -0.15) is 5.26 Å². The lowest BCUT2D eigenvalue weighted by Crippen LogP contribution is -2.13. The average molecular weight is 539 g/mol. The summed E-state index contributed by atoms with van der Waals surface area (Å²) in [6.07, 6.45) is 2.26. The van der Waals surface area contributed by atoms with Crippen molar-refractivity contribution in [2.75, 3.05) is 18.7 Å².